The van der Waals surface area contributed by atoms with E-state index in [-0.39, 0.29) is 16.6 Å². The number of ether oxygens (including phenoxy) is 2. The molecule has 27 heavy (non-hydrogen) atoms. The summed E-state index contributed by atoms with van der Waals surface area (Å²) in [4.78, 5) is 11.1. The number of anilines is 1. The van der Waals surface area contributed by atoms with Crippen molar-refractivity contribution in [1.82, 2.24) is 9.62 Å². The van der Waals surface area contributed by atoms with Crippen molar-refractivity contribution in [3.63, 3.8) is 0 Å². The van der Waals surface area contributed by atoms with Gasteiger partial charge in [0, 0.05) is 32.7 Å². The van der Waals surface area contributed by atoms with Gasteiger partial charge in [-0.05, 0) is 43.3 Å². The first-order valence-electron chi connectivity index (χ1n) is 8.44. The van der Waals surface area contributed by atoms with Crippen LogP contribution in [0.15, 0.2) is 23.1 Å². The Balaban J connectivity index is 2.59. The van der Waals surface area contributed by atoms with E-state index in [0.29, 0.717) is 23.8 Å². The normalized spacial score (nSPS) is 11.1. The quantitative estimate of drug-likeness (QED) is 0.339. The number of rotatable bonds is 10. The Bertz CT molecular complexity index is 751. The molecular weight excluding hydrogens is 390 g/mol. The number of thiocarbonyl (C=S) groups is 1. The van der Waals surface area contributed by atoms with Crippen LogP contribution in [0.25, 0.3) is 0 Å². The first kappa shape index (κ1) is 23.1. The molecule has 0 fully saturated rings. The van der Waals surface area contributed by atoms with Gasteiger partial charge in [-0.25, -0.2) is 12.7 Å². The van der Waals surface area contributed by atoms with Crippen LogP contribution in [0, 0.1) is 0 Å². The van der Waals surface area contributed by atoms with Gasteiger partial charge in [-0.2, -0.15) is 0 Å². The summed E-state index contributed by atoms with van der Waals surface area (Å²) in [6.07, 6.45) is 2.90. The van der Waals surface area contributed by atoms with Gasteiger partial charge in [-0.15, -0.1) is 0 Å². The number of nitrogens with zero attached hydrogens (tertiary/aromatic N) is 1. The summed E-state index contributed by atoms with van der Waals surface area (Å²) in [7, 11) is 2.07. The SMILES string of the molecule is COC(=O)CCCCCNC(=S)Nc1ccc(OC)c(S(=O)(=O)N(C)C)c1. The van der Waals surface area contributed by atoms with Crippen LogP contribution in [0.3, 0.4) is 0 Å². The van der Waals surface area contributed by atoms with Gasteiger partial charge in [0.05, 0.1) is 14.2 Å². The highest BCUT2D eigenvalue weighted by molar-refractivity contribution is 7.89. The Morgan fingerprint density at radius 2 is 1.89 bits per heavy atom. The minimum Gasteiger partial charge on any atom is -0.495 e. The summed E-state index contributed by atoms with van der Waals surface area (Å²) < 4.78 is 35.7. The first-order valence-corrected chi connectivity index (χ1v) is 10.3. The second-order valence-corrected chi connectivity index (χ2v) is 8.45. The molecule has 0 saturated carbocycles. The molecule has 0 spiro atoms. The largest absolute Gasteiger partial charge is 0.495 e. The third-order valence-electron chi connectivity index (χ3n) is 3.75. The van der Waals surface area contributed by atoms with Crippen LogP contribution in [0.4, 0.5) is 5.69 Å². The molecule has 1 rings (SSSR count). The summed E-state index contributed by atoms with van der Waals surface area (Å²) >= 11 is 5.24. The highest BCUT2D eigenvalue weighted by Gasteiger charge is 2.22. The Hall–Kier alpha value is -1.91. The standard InChI is InChI=1S/C17H27N3O5S2/c1-20(2)27(22,23)15-12-13(9-10-14(15)24-3)19-17(26)18-11-7-5-6-8-16(21)25-4/h9-10,12H,5-8,11H2,1-4H3,(H2,18,19,26). The van der Waals surface area contributed by atoms with Crippen molar-refractivity contribution >= 4 is 39.0 Å². The lowest BCUT2D eigenvalue weighted by atomic mass is 10.2. The monoisotopic (exact) mass is 417 g/mol. The van der Waals surface area contributed by atoms with E-state index in [4.69, 9.17) is 17.0 Å². The van der Waals surface area contributed by atoms with E-state index in [1.807, 2.05) is 0 Å². The number of hydrogen-bond acceptors (Lipinski definition) is 6. The van der Waals surface area contributed by atoms with Crippen molar-refractivity contribution in [3.8, 4) is 5.75 Å². The number of methoxy groups -OCH3 is 2. The third kappa shape index (κ3) is 7.31. The lowest BCUT2D eigenvalue weighted by Crippen LogP contribution is -2.29. The number of esters is 1. The van der Waals surface area contributed by atoms with Gasteiger partial charge in [0.25, 0.3) is 0 Å². The molecular formula is C17H27N3O5S2. The van der Waals surface area contributed by atoms with Crippen LogP contribution in [-0.2, 0) is 19.6 Å². The lowest BCUT2D eigenvalue weighted by Gasteiger charge is -2.16. The maximum absolute atomic E-state index is 12.4. The molecule has 8 nitrogen and oxygen atoms in total. The molecule has 0 atom stereocenters. The Labute approximate surface area is 166 Å². The van der Waals surface area contributed by atoms with Crippen LogP contribution in [0.5, 0.6) is 5.75 Å². The Kier molecular flexibility index (Phi) is 9.47. The predicted molar refractivity (Wildman–Crippen MR) is 109 cm³/mol. The van der Waals surface area contributed by atoms with Gasteiger partial charge < -0.3 is 20.1 Å². The van der Waals surface area contributed by atoms with Gasteiger partial charge in [-0.1, -0.05) is 6.42 Å². The molecule has 0 radical (unpaired) electrons. The molecule has 152 valence electrons. The number of hydrogen-bond donors (Lipinski definition) is 2. The van der Waals surface area contributed by atoms with Crippen molar-refractivity contribution in [2.45, 2.75) is 30.6 Å². The molecule has 0 aromatic heterocycles. The fraction of sp³-hybridized carbons (Fsp3) is 0.529. The van der Waals surface area contributed by atoms with Crippen molar-refractivity contribution < 1.29 is 22.7 Å². The van der Waals surface area contributed by atoms with Crippen LogP contribution in [-0.4, -0.2) is 58.7 Å². The number of sulfonamides is 1. The topological polar surface area (TPSA) is 97.0 Å². The van der Waals surface area contributed by atoms with Crippen LogP contribution in [0.2, 0.25) is 0 Å². The predicted octanol–water partition coefficient (Wildman–Crippen LogP) is 1.97. The first-order chi connectivity index (χ1) is 12.7. The number of nitrogens with one attached hydrogen (secondary N) is 2. The number of carbonyl (C=O) groups is 1. The maximum atomic E-state index is 12.4. The average Bonchev–Trinajstić information content (AvgIpc) is 2.63. The van der Waals surface area contributed by atoms with Gasteiger partial charge >= 0.3 is 5.97 Å². The second kappa shape index (κ2) is 11.1. The fourth-order valence-electron chi connectivity index (χ4n) is 2.20. The molecule has 0 bridgehead atoms. The second-order valence-electron chi connectivity index (χ2n) is 5.92. The van der Waals surface area contributed by atoms with Crippen LogP contribution < -0.4 is 15.4 Å². The van der Waals surface area contributed by atoms with Crippen molar-refractivity contribution in [3.05, 3.63) is 18.2 Å². The summed E-state index contributed by atoms with van der Waals surface area (Å²) in [5.74, 6) is 0.0573. The fourth-order valence-corrected chi connectivity index (χ4v) is 3.50. The Morgan fingerprint density at radius 1 is 1.19 bits per heavy atom. The molecule has 0 saturated heterocycles. The number of unbranched alkanes of at least 4 members (excludes halogenated alkanes) is 2. The van der Waals surface area contributed by atoms with Crippen molar-refractivity contribution in [2.75, 3.05) is 40.2 Å². The van der Waals surface area contributed by atoms with E-state index in [1.54, 1.807) is 12.1 Å². The van der Waals surface area contributed by atoms with Gasteiger partial charge in [0.15, 0.2) is 5.11 Å². The maximum Gasteiger partial charge on any atom is 0.305 e. The highest BCUT2D eigenvalue weighted by Crippen LogP contribution is 2.28. The summed E-state index contributed by atoms with van der Waals surface area (Å²) in [5, 5.41) is 6.42. The zero-order chi connectivity index (χ0) is 20.4. The molecule has 0 unspecified atom stereocenters. The average molecular weight is 418 g/mol. The molecule has 0 heterocycles. The minimum atomic E-state index is -3.65. The third-order valence-corrected chi connectivity index (χ3v) is 5.83. The van der Waals surface area contributed by atoms with E-state index in [0.717, 1.165) is 23.6 Å². The Morgan fingerprint density at radius 3 is 2.48 bits per heavy atom. The number of carbonyl (C=O) groups excluding carboxylic acids is 1. The summed E-state index contributed by atoms with van der Waals surface area (Å²) in [6, 6.07) is 4.75. The van der Waals surface area contributed by atoms with Crippen molar-refractivity contribution in [1.29, 1.82) is 0 Å². The summed E-state index contributed by atoms with van der Waals surface area (Å²) in [5.41, 5.74) is 0.541. The van der Waals surface area contributed by atoms with Gasteiger partial charge in [0.1, 0.15) is 10.6 Å². The number of benzene rings is 1. The van der Waals surface area contributed by atoms with E-state index in [2.05, 4.69) is 15.4 Å². The van der Waals surface area contributed by atoms with Gasteiger partial charge in [0.2, 0.25) is 10.0 Å². The lowest BCUT2D eigenvalue weighted by molar-refractivity contribution is -0.140. The minimum absolute atomic E-state index is 0.0608. The zero-order valence-electron chi connectivity index (χ0n) is 16.1. The molecule has 10 heteroatoms. The molecule has 0 aliphatic rings. The van der Waals surface area contributed by atoms with E-state index in [9.17, 15) is 13.2 Å². The zero-order valence-corrected chi connectivity index (χ0v) is 17.7. The summed E-state index contributed by atoms with van der Waals surface area (Å²) in [6.45, 7) is 0.645. The molecule has 2 N–H and O–H groups in total. The van der Waals surface area contributed by atoms with Crippen molar-refractivity contribution in [2.24, 2.45) is 0 Å². The van der Waals surface area contributed by atoms with E-state index < -0.39 is 10.0 Å². The van der Waals surface area contributed by atoms with E-state index >= 15 is 0 Å². The molecule has 0 aliphatic carbocycles. The van der Waals surface area contributed by atoms with Gasteiger partial charge in [-0.3, -0.25) is 4.79 Å². The molecule has 1 aromatic rings. The highest BCUT2D eigenvalue weighted by atomic mass is 32.2. The van der Waals surface area contributed by atoms with Crippen LogP contribution >= 0.6 is 12.2 Å². The van der Waals surface area contributed by atoms with E-state index in [1.165, 1.54) is 34.4 Å². The molecule has 1 aromatic carbocycles. The molecule has 0 aliphatic heterocycles. The molecule has 0 amide bonds. The van der Waals surface area contributed by atoms with Crippen LogP contribution in [0.1, 0.15) is 25.7 Å². The smallest absolute Gasteiger partial charge is 0.305 e.